The van der Waals surface area contributed by atoms with Crippen LogP contribution in [0.25, 0.3) is 0 Å². The van der Waals surface area contributed by atoms with E-state index in [1.54, 1.807) is 0 Å². The van der Waals surface area contributed by atoms with Crippen LogP contribution in [-0.2, 0) is 35.1 Å². The quantitative estimate of drug-likeness (QED) is 0.310. The van der Waals surface area contributed by atoms with Crippen molar-refractivity contribution in [3.05, 3.63) is 35.9 Å². The molecule has 0 aliphatic carbocycles. The summed E-state index contributed by atoms with van der Waals surface area (Å²) >= 11 is 2.30. The Kier molecular flexibility index (Phi) is 8.80. The Hall–Kier alpha value is -1.19. The maximum Gasteiger partial charge on any atom is 0.303 e. The highest BCUT2D eigenvalue weighted by atomic mass is 127. The molecule has 2 rings (SSSR count). The van der Waals surface area contributed by atoms with Crippen molar-refractivity contribution in [1.29, 1.82) is 0 Å². The van der Waals surface area contributed by atoms with Crippen LogP contribution in [0, 0.1) is 0 Å². The zero-order valence-corrected chi connectivity index (χ0v) is 17.2. The molecule has 0 amide bonds. The maximum absolute atomic E-state index is 11.6. The van der Waals surface area contributed by atoms with E-state index in [-0.39, 0.29) is 18.8 Å². The molecule has 6 nitrogen and oxygen atoms in total. The molecule has 1 fully saturated rings. The van der Waals surface area contributed by atoms with Crippen molar-refractivity contribution >= 4 is 34.5 Å². The minimum atomic E-state index is -0.710. The summed E-state index contributed by atoms with van der Waals surface area (Å²) in [6.07, 6.45) is 0.474. The van der Waals surface area contributed by atoms with Gasteiger partial charge in [0.15, 0.2) is 6.10 Å². The van der Waals surface area contributed by atoms with Gasteiger partial charge in [-0.15, -0.1) is 0 Å². The second-order valence-electron chi connectivity index (χ2n) is 6.24. The normalized spacial score (nSPS) is 21.8. The van der Waals surface area contributed by atoms with Crippen LogP contribution in [-0.4, -0.2) is 47.4 Å². The van der Waals surface area contributed by atoms with Crippen molar-refractivity contribution in [3.8, 4) is 0 Å². The summed E-state index contributed by atoms with van der Waals surface area (Å²) in [7, 11) is 0. The van der Waals surface area contributed by atoms with Gasteiger partial charge in [0.2, 0.25) is 0 Å². The highest BCUT2D eigenvalue weighted by molar-refractivity contribution is 14.1. The van der Waals surface area contributed by atoms with Gasteiger partial charge in [0, 0.05) is 18.3 Å². The number of carbonyl (C=O) groups excluding carboxylic acids is 2. The average Bonchev–Trinajstić information content (AvgIpc) is 3.09. The molecule has 1 unspecified atom stereocenters. The maximum atomic E-state index is 11.6. The number of halogens is 1. The van der Waals surface area contributed by atoms with E-state index in [1.165, 1.54) is 13.8 Å². The Labute approximate surface area is 167 Å². The van der Waals surface area contributed by atoms with Crippen LogP contribution in [0.4, 0.5) is 0 Å². The summed E-state index contributed by atoms with van der Waals surface area (Å²) < 4.78 is 23.6. The predicted molar refractivity (Wildman–Crippen MR) is 104 cm³/mol. The van der Waals surface area contributed by atoms with Gasteiger partial charge in [0.05, 0.1) is 18.8 Å². The Balaban J connectivity index is 2.12. The van der Waals surface area contributed by atoms with Crippen molar-refractivity contribution in [2.45, 2.75) is 57.7 Å². The number of alkyl halides is 1. The van der Waals surface area contributed by atoms with Crippen LogP contribution in [0.2, 0.25) is 0 Å². The first kappa shape index (κ1) is 21.1. The zero-order valence-electron chi connectivity index (χ0n) is 15.1. The number of hydrogen-bond acceptors (Lipinski definition) is 6. The zero-order chi connectivity index (χ0) is 18.9. The lowest BCUT2D eigenvalue weighted by molar-refractivity contribution is -0.179. The second-order valence-corrected chi connectivity index (χ2v) is 7.12. The molecule has 144 valence electrons. The van der Waals surface area contributed by atoms with E-state index in [9.17, 15) is 9.59 Å². The second kappa shape index (κ2) is 10.8. The fourth-order valence-corrected chi connectivity index (χ4v) is 3.57. The summed E-state index contributed by atoms with van der Waals surface area (Å²) in [5, 5.41) is 0. The molecule has 1 aliphatic heterocycles. The third kappa shape index (κ3) is 6.85. The lowest BCUT2D eigenvalue weighted by Gasteiger charge is -2.30. The van der Waals surface area contributed by atoms with Gasteiger partial charge in [0.25, 0.3) is 0 Å². The number of rotatable bonds is 9. The molecule has 1 saturated heterocycles. The predicted octanol–water partition coefficient (Wildman–Crippen LogP) is 3.05. The largest absolute Gasteiger partial charge is 0.462 e. The van der Waals surface area contributed by atoms with Crippen LogP contribution in [0.1, 0.15) is 32.3 Å². The third-order valence-corrected chi connectivity index (χ3v) is 5.08. The van der Waals surface area contributed by atoms with Crippen molar-refractivity contribution in [2.24, 2.45) is 0 Å². The van der Waals surface area contributed by atoms with Gasteiger partial charge < -0.3 is 18.9 Å². The number of benzene rings is 1. The molecule has 1 aromatic rings. The van der Waals surface area contributed by atoms with Gasteiger partial charge >= 0.3 is 11.9 Å². The van der Waals surface area contributed by atoms with E-state index >= 15 is 0 Å². The van der Waals surface area contributed by atoms with E-state index < -0.39 is 24.1 Å². The first-order valence-corrected chi connectivity index (χ1v) is 10.2. The molecule has 0 aromatic heterocycles. The lowest BCUT2D eigenvalue weighted by Crippen LogP contribution is -2.45. The van der Waals surface area contributed by atoms with Crippen molar-refractivity contribution < 1.29 is 28.5 Å². The molecule has 1 heterocycles. The van der Waals surface area contributed by atoms with Crippen LogP contribution in [0.5, 0.6) is 0 Å². The Morgan fingerprint density at radius 3 is 2.50 bits per heavy atom. The third-order valence-electron chi connectivity index (χ3n) is 4.10. The lowest BCUT2D eigenvalue weighted by atomic mass is 10.0. The molecule has 1 aliphatic rings. The molecule has 0 N–H and O–H groups in total. The fourth-order valence-electron chi connectivity index (χ4n) is 2.92. The molecule has 26 heavy (non-hydrogen) atoms. The number of carbonyl (C=O) groups is 2. The van der Waals surface area contributed by atoms with Crippen molar-refractivity contribution in [1.82, 2.24) is 0 Å². The molecule has 0 radical (unpaired) electrons. The summed E-state index contributed by atoms with van der Waals surface area (Å²) in [5.74, 6) is -0.875. The summed E-state index contributed by atoms with van der Waals surface area (Å²) in [6, 6.07) is 9.75. The smallest absolute Gasteiger partial charge is 0.303 e. The molecule has 1 aromatic carbocycles. The van der Waals surface area contributed by atoms with E-state index in [4.69, 9.17) is 18.9 Å². The summed E-state index contributed by atoms with van der Waals surface area (Å²) in [5.41, 5.74) is 1.01. The number of hydrogen-bond donors (Lipinski definition) is 0. The Morgan fingerprint density at radius 1 is 1.19 bits per heavy atom. The van der Waals surface area contributed by atoms with Crippen LogP contribution in [0.15, 0.2) is 30.3 Å². The minimum Gasteiger partial charge on any atom is -0.462 e. The first-order chi connectivity index (χ1) is 12.5. The van der Waals surface area contributed by atoms with Crippen LogP contribution < -0.4 is 0 Å². The highest BCUT2D eigenvalue weighted by Crippen LogP contribution is 2.28. The molecule has 0 spiro atoms. The first-order valence-electron chi connectivity index (χ1n) is 8.67. The average molecular weight is 476 g/mol. The topological polar surface area (TPSA) is 71.1 Å². The van der Waals surface area contributed by atoms with Gasteiger partial charge in [-0.05, 0) is 18.4 Å². The van der Waals surface area contributed by atoms with Crippen LogP contribution in [0.3, 0.4) is 0 Å². The molecule has 0 saturated carbocycles. The minimum absolute atomic E-state index is 0.0524. The Morgan fingerprint density at radius 2 is 1.92 bits per heavy atom. The highest BCUT2D eigenvalue weighted by Gasteiger charge is 2.39. The van der Waals surface area contributed by atoms with Gasteiger partial charge in [-0.25, -0.2) is 0 Å². The monoisotopic (exact) mass is 476 g/mol. The standard InChI is InChI=1S/C19H25IO6/c1-13(21)23-12-18(25-14(2)22)19(17-9-8-16(10-20)26-17)24-11-15-6-4-3-5-7-15/h3-7,16-19H,8-12H2,1-2H3/t16?,17-,18+,19+/m1/s1. The van der Waals surface area contributed by atoms with Gasteiger partial charge in [-0.3, -0.25) is 9.59 Å². The van der Waals surface area contributed by atoms with Crippen molar-refractivity contribution in [3.63, 3.8) is 0 Å². The van der Waals surface area contributed by atoms with Crippen molar-refractivity contribution in [2.75, 3.05) is 11.0 Å². The molecular weight excluding hydrogens is 451 g/mol. The number of ether oxygens (including phenoxy) is 4. The SMILES string of the molecule is CC(=O)OC[C@H](OC(C)=O)[C@@H](OCc1ccccc1)[C@H]1CCC(CI)O1. The molecular formula is C19H25IO6. The molecule has 4 atom stereocenters. The van der Waals surface area contributed by atoms with Gasteiger partial charge in [-0.2, -0.15) is 0 Å². The van der Waals surface area contributed by atoms with E-state index in [2.05, 4.69) is 22.6 Å². The van der Waals surface area contributed by atoms with Gasteiger partial charge in [0.1, 0.15) is 12.7 Å². The molecule has 7 heteroatoms. The van der Waals surface area contributed by atoms with Gasteiger partial charge in [-0.1, -0.05) is 52.9 Å². The van der Waals surface area contributed by atoms with E-state index in [0.29, 0.717) is 6.61 Å². The number of esters is 2. The fraction of sp³-hybridized carbons (Fsp3) is 0.579. The van der Waals surface area contributed by atoms with E-state index in [1.807, 2.05) is 30.3 Å². The summed E-state index contributed by atoms with van der Waals surface area (Å²) in [6.45, 7) is 2.96. The Bertz CT molecular complexity index is 579. The summed E-state index contributed by atoms with van der Waals surface area (Å²) in [4.78, 5) is 22.8. The van der Waals surface area contributed by atoms with Crippen LogP contribution >= 0.6 is 22.6 Å². The van der Waals surface area contributed by atoms with E-state index in [0.717, 1.165) is 22.8 Å². The molecule has 0 bridgehead atoms.